The Bertz CT molecular complexity index is 901. The summed E-state index contributed by atoms with van der Waals surface area (Å²) in [5.74, 6) is 0.0284. The zero-order valence-corrected chi connectivity index (χ0v) is 14.6. The molecule has 27 heavy (non-hydrogen) atoms. The van der Waals surface area contributed by atoms with Gasteiger partial charge in [-0.1, -0.05) is 0 Å². The number of rotatable bonds is 2. The number of piperidine rings is 1. The van der Waals surface area contributed by atoms with Crippen molar-refractivity contribution in [3.05, 3.63) is 47.3 Å². The summed E-state index contributed by atoms with van der Waals surface area (Å²) in [7, 11) is 1.75. The number of nitrogens with one attached hydrogen (secondary N) is 2. The normalized spacial score (nSPS) is 21.4. The summed E-state index contributed by atoms with van der Waals surface area (Å²) in [4.78, 5) is 5.74. The van der Waals surface area contributed by atoms with E-state index in [0.29, 0.717) is 23.5 Å². The van der Waals surface area contributed by atoms with Crippen molar-refractivity contribution in [1.29, 1.82) is 5.26 Å². The first kappa shape index (κ1) is 17.6. The third-order valence-corrected chi connectivity index (χ3v) is 5.31. The van der Waals surface area contributed by atoms with Crippen molar-refractivity contribution in [2.45, 2.75) is 24.6 Å². The molecule has 1 fully saturated rings. The largest absolute Gasteiger partial charge is 0.418 e. The maximum atomic E-state index is 13.8. The Morgan fingerprint density at radius 1 is 1.30 bits per heavy atom. The van der Waals surface area contributed by atoms with Crippen LogP contribution in [0.3, 0.4) is 0 Å². The lowest BCUT2D eigenvalue weighted by molar-refractivity contribution is -0.137. The van der Waals surface area contributed by atoms with E-state index in [9.17, 15) is 13.2 Å². The molecule has 0 aliphatic carbocycles. The van der Waals surface area contributed by atoms with Gasteiger partial charge in [-0.05, 0) is 42.8 Å². The number of likely N-dealkylation sites (N-methyl/N-ethyl adjacent to an activating group) is 1. The SMILES string of the molecule is CN1c2c(cc(Nc3ccc(C#N)nc3)cc2C(F)(F)F)C2CNCCC21. The van der Waals surface area contributed by atoms with E-state index in [0.717, 1.165) is 19.0 Å². The van der Waals surface area contributed by atoms with Gasteiger partial charge in [0.2, 0.25) is 0 Å². The standard InChI is InChI=1S/C19H18F3N5/c1-27-17-4-5-24-10-15(17)14-6-13(7-16(18(14)27)19(20,21)22)26-12-3-2-11(8-23)25-9-12/h2-3,6-7,9,15,17,24,26H,4-5,10H2,1H3. The fourth-order valence-corrected chi connectivity index (χ4v) is 4.11. The summed E-state index contributed by atoms with van der Waals surface area (Å²) in [6.07, 6.45) is -2.19. The molecule has 1 aromatic carbocycles. The summed E-state index contributed by atoms with van der Waals surface area (Å²) in [6, 6.07) is 8.10. The predicted molar refractivity (Wildman–Crippen MR) is 96.1 cm³/mol. The third kappa shape index (κ3) is 3.08. The summed E-state index contributed by atoms with van der Waals surface area (Å²) >= 11 is 0. The van der Waals surface area contributed by atoms with Crippen LogP contribution in [0.2, 0.25) is 0 Å². The van der Waals surface area contributed by atoms with Gasteiger partial charge in [0.25, 0.3) is 0 Å². The zero-order chi connectivity index (χ0) is 19.2. The molecule has 2 unspecified atom stereocenters. The van der Waals surface area contributed by atoms with Gasteiger partial charge in [-0.3, -0.25) is 0 Å². The summed E-state index contributed by atoms with van der Waals surface area (Å²) < 4.78 is 41.4. The number of hydrogen-bond donors (Lipinski definition) is 2. The van der Waals surface area contributed by atoms with Gasteiger partial charge >= 0.3 is 6.18 Å². The van der Waals surface area contributed by atoms with E-state index >= 15 is 0 Å². The average Bonchev–Trinajstić information content (AvgIpc) is 2.94. The van der Waals surface area contributed by atoms with Crippen LogP contribution in [-0.4, -0.2) is 31.2 Å². The van der Waals surface area contributed by atoms with Crippen molar-refractivity contribution >= 4 is 17.1 Å². The van der Waals surface area contributed by atoms with E-state index in [-0.39, 0.29) is 23.3 Å². The van der Waals surface area contributed by atoms with Gasteiger partial charge < -0.3 is 15.5 Å². The second-order valence-electron chi connectivity index (χ2n) is 6.91. The van der Waals surface area contributed by atoms with E-state index in [4.69, 9.17) is 5.26 Å². The number of anilines is 3. The minimum absolute atomic E-state index is 0.0284. The van der Waals surface area contributed by atoms with E-state index in [2.05, 4.69) is 15.6 Å². The number of alkyl halides is 3. The topological polar surface area (TPSA) is 64.0 Å². The van der Waals surface area contributed by atoms with Gasteiger partial charge in [-0.25, -0.2) is 4.98 Å². The maximum absolute atomic E-state index is 13.8. The molecule has 2 aromatic rings. The molecule has 1 saturated heterocycles. The first-order chi connectivity index (χ1) is 12.9. The van der Waals surface area contributed by atoms with E-state index < -0.39 is 11.7 Å². The fourth-order valence-electron chi connectivity index (χ4n) is 4.11. The molecule has 0 amide bonds. The van der Waals surface area contributed by atoms with Gasteiger partial charge in [0, 0.05) is 31.2 Å². The highest BCUT2D eigenvalue weighted by molar-refractivity contribution is 5.74. The number of hydrogen-bond acceptors (Lipinski definition) is 5. The van der Waals surface area contributed by atoms with Crippen LogP contribution in [0.15, 0.2) is 30.5 Å². The van der Waals surface area contributed by atoms with Crippen LogP contribution >= 0.6 is 0 Å². The lowest BCUT2D eigenvalue weighted by atomic mass is 9.89. The molecular formula is C19H18F3N5. The van der Waals surface area contributed by atoms with Gasteiger partial charge in [-0.2, -0.15) is 18.4 Å². The molecule has 0 bridgehead atoms. The number of nitrogens with zero attached hydrogens (tertiary/aromatic N) is 3. The lowest BCUT2D eigenvalue weighted by Gasteiger charge is -2.31. The Morgan fingerprint density at radius 3 is 2.78 bits per heavy atom. The van der Waals surface area contributed by atoms with E-state index in [1.807, 2.05) is 6.07 Å². The van der Waals surface area contributed by atoms with Crippen molar-refractivity contribution in [3.8, 4) is 6.07 Å². The molecule has 2 N–H and O–H groups in total. The Balaban J connectivity index is 1.77. The summed E-state index contributed by atoms with van der Waals surface area (Å²) in [6.45, 7) is 1.48. The zero-order valence-electron chi connectivity index (χ0n) is 14.6. The Morgan fingerprint density at radius 2 is 2.11 bits per heavy atom. The van der Waals surface area contributed by atoms with Crippen LogP contribution in [0.1, 0.15) is 29.2 Å². The number of nitriles is 1. The second kappa shape index (κ2) is 6.43. The van der Waals surface area contributed by atoms with E-state index in [1.165, 1.54) is 12.3 Å². The molecule has 0 saturated carbocycles. The summed E-state index contributed by atoms with van der Waals surface area (Å²) in [5, 5.41) is 15.1. The monoisotopic (exact) mass is 373 g/mol. The van der Waals surface area contributed by atoms with Gasteiger partial charge in [0.1, 0.15) is 11.8 Å². The quantitative estimate of drug-likeness (QED) is 0.842. The molecule has 0 spiro atoms. The van der Waals surface area contributed by atoms with Crippen LogP contribution in [-0.2, 0) is 6.18 Å². The van der Waals surface area contributed by atoms with Crippen LogP contribution in [0.5, 0.6) is 0 Å². The Hall–Kier alpha value is -2.79. The van der Waals surface area contributed by atoms with Crippen molar-refractivity contribution in [2.75, 3.05) is 30.4 Å². The van der Waals surface area contributed by atoms with Gasteiger partial charge in [-0.15, -0.1) is 0 Å². The minimum atomic E-state index is -4.44. The second-order valence-corrected chi connectivity index (χ2v) is 6.91. The summed E-state index contributed by atoms with van der Waals surface area (Å²) in [5.41, 5.74) is 1.53. The number of aromatic nitrogens is 1. The molecule has 2 aliphatic heterocycles. The highest BCUT2D eigenvalue weighted by Crippen LogP contribution is 2.50. The van der Waals surface area contributed by atoms with Gasteiger partial charge in [0.15, 0.2) is 0 Å². The molecular weight excluding hydrogens is 355 g/mol. The van der Waals surface area contributed by atoms with Gasteiger partial charge in [0.05, 0.1) is 23.1 Å². The van der Waals surface area contributed by atoms with Crippen molar-refractivity contribution < 1.29 is 13.2 Å². The lowest BCUT2D eigenvalue weighted by Crippen LogP contribution is -2.42. The predicted octanol–water partition coefficient (Wildman–Crippen LogP) is 3.61. The van der Waals surface area contributed by atoms with Crippen LogP contribution in [0.4, 0.5) is 30.2 Å². The number of halogens is 3. The molecule has 8 heteroatoms. The third-order valence-electron chi connectivity index (χ3n) is 5.31. The average molecular weight is 373 g/mol. The molecule has 3 heterocycles. The van der Waals surface area contributed by atoms with Crippen molar-refractivity contribution in [1.82, 2.24) is 10.3 Å². The van der Waals surface area contributed by atoms with Crippen molar-refractivity contribution in [3.63, 3.8) is 0 Å². The molecule has 2 atom stereocenters. The molecule has 0 radical (unpaired) electrons. The smallest absolute Gasteiger partial charge is 0.370 e. The van der Waals surface area contributed by atoms with Crippen LogP contribution in [0, 0.1) is 11.3 Å². The fraction of sp³-hybridized carbons (Fsp3) is 0.368. The molecule has 5 nitrogen and oxygen atoms in total. The maximum Gasteiger partial charge on any atom is 0.418 e. The van der Waals surface area contributed by atoms with Crippen molar-refractivity contribution in [2.24, 2.45) is 0 Å². The number of benzene rings is 1. The Kier molecular flexibility index (Phi) is 4.19. The molecule has 4 rings (SSSR count). The molecule has 140 valence electrons. The van der Waals surface area contributed by atoms with Crippen LogP contribution in [0.25, 0.3) is 0 Å². The minimum Gasteiger partial charge on any atom is -0.370 e. The molecule has 2 aliphatic rings. The number of fused-ring (bicyclic) bond motifs is 3. The first-order valence-electron chi connectivity index (χ1n) is 8.70. The number of pyridine rings is 1. The van der Waals surface area contributed by atoms with E-state index in [1.54, 1.807) is 24.1 Å². The highest BCUT2D eigenvalue weighted by atomic mass is 19.4. The van der Waals surface area contributed by atoms with Crippen LogP contribution < -0.4 is 15.5 Å². The molecule has 1 aromatic heterocycles. The highest BCUT2D eigenvalue weighted by Gasteiger charge is 2.45. The Labute approximate surface area is 154 Å². The first-order valence-corrected chi connectivity index (χ1v) is 8.70.